The Kier molecular flexibility index (Phi) is 5.50. The minimum Gasteiger partial charge on any atom is -0.330 e. The third-order valence-corrected chi connectivity index (χ3v) is 6.84. The first-order chi connectivity index (χ1) is 9.82. The molecule has 0 bridgehead atoms. The lowest BCUT2D eigenvalue weighted by molar-refractivity contribution is 0.156. The number of hydrogen-bond donors (Lipinski definition) is 1. The third-order valence-electron chi connectivity index (χ3n) is 4.76. The van der Waals surface area contributed by atoms with Crippen molar-refractivity contribution in [1.29, 1.82) is 0 Å². The zero-order valence-corrected chi connectivity index (χ0v) is 14.7. The van der Waals surface area contributed by atoms with Gasteiger partial charge in [-0.25, -0.2) is 0 Å². The maximum atomic E-state index is 13.0. The lowest BCUT2D eigenvalue weighted by Crippen LogP contribution is -2.40. The van der Waals surface area contributed by atoms with E-state index in [0.29, 0.717) is 23.4 Å². The average molecular weight is 328 g/mol. The number of rotatable bonds is 3. The highest BCUT2D eigenvalue weighted by Crippen LogP contribution is 2.42. The summed E-state index contributed by atoms with van der Waals surface area (Å²) in [6.45, 7) is 7.45. The van der Waals surface area contributed by atoms with Crippen molar-refractivity contribution in [2.75, 3.05) is 6.54 Å². The van der Waals surface area contributed by atoms with Crippen molar-refractivity contribution in [3.63, 3.8) is 0 Å². The van der Waals surface area contributed by atoms with Crippen molar-refractivity contribution in [3.8, 4) is 0 Å². The summed E-state index contributed by atoms with van der Waals surface area (Å²) in [6, 6.07) is 7.43. The van der Waals surface area contributed by atoms with E-state index >= 15 is 0 Å². The summed E-state index contributed by atoms with van der Waals surface area (Å²) in [7, 11) is -1.03. The molecule has 0 radical (unpaired) electrons. The standard InChI is InChI=1S/C17H26ClNOS/c1-17(2,3)13-8-7-12(11-19)16(9-13)21(20)15-6-4-5-14(18)10-15/h4-6,10,12-13,16H,7-9,11,19H2,1-3H3. The zero-order chi connectivity index (χ0) is 15.6. The smallest absolute Gasteiger partial charge is 0.0564 e. The number of nitrogens with two attached hydrogens (primary N) is 1. The van der Waals surface area contributed by atoms with E-state index in [1.807, 2.05) is 24.3 Å². The van der Waals surface area contributed by atoms with E-state index in [-0.39, 0.29) is 10.7 Å². The second-order valence-electron chi connectivity index (χ2n) is 7.17. The summed E-state index contributed by atoms with van der Waals surface area (Å²) >= 11 is 6.04. The molecule has 1 aliphatic carbocycles. The monoisotopic (exact) mass is 327 g/mol. The van der Waals surface area contributed by atoms with Crippen molar-refractivity contribution in [2.24, 2.45) is 23.0 Å². The molecule has 2 rings (SSSR count). The molecule has 0 saturated heterocycles. The van der Waals surface area contributed by atoms with Gasteiger partial charge in [0.15, 0.2) is 0 Å². The van der Waals surface area contributed by atoms with Gasteiger partial charge in [0.05, 0.1) is 10.8 Å². The van der Waals surface area contributed by atoms with Gasteiger partial charge in [-0.15, -0.1) is 0 Å². The Morgan fingerprint density at radius 3 is 2.62 bits per heavy atom. The van der Waals surface area contributed by atoms with Crippen molar-refractivity contribution >= 4 is 22.4 Å². The molecule has 4 atom stereocenters. The molecule has 0 aromatic heterocycles. The third kappa shape index (κ3) is 4.08. The molecule has 0 heterocycles. The molecule has 2 nitrogen and oxygen atoms in total. The maximum absolute atomic E-state index is 13.0. The van der Waals surface area contributed by atoms with Gasteiger partial charge >= 0.3 is 0 Å². The highest BCUT2D eigenvalue weighted by atomic mass is 35.5. The molecule has 0 spiro atoms. The van der Waals surface area contributed by atoms with Gasteiger partial charge in [-0.3, -0.25) is 4.21 Å². The minimum atomic E-state index is -1.03. The normalized spacial score (nSPS) is 28.3. The minimum absolute atomic E-state index is 0.145. The summed E-state index contributed by atoms with van der Waals surface area (Å²) in [5.41, 5.74) is 6.19. The summed E-state index contributed by atoms with van der Waals surface area (Å²) in [5, 5.41) is 0.791. The van der Waals surface area contributed by atoms with E-state index in [4.69, 9.17) is 17.3 Å². The lowest BCUT2D eigenvalue weighted by atomic mass is 9.69. The molecule has 1 aromatic rings. The highest BCUT2D eigenvalue weighted by Gasteiger charge is 2.38. The van der Waals surface area contributed by atoms with Crippen LogP contribution in [0.4, 0.5) is 0 Å². The first-order valence-electron chi connectivity index (χ1n) is 7.69. The largest absolute Gasteiger partial charge is 0.330 e. The van der Waals surface area contributed by atoms with Gasteiger partial charge in [-0.1, -0.05) is 38.4 Å². The van der Waals surface area contributed by atoms with Crippen molar-refractivity contribution < 1.29 is 4.21 Å². The zero-order valence-electron chi connectivity index (χ0n) is 13.1. The van der Waals surface area contributed by atoms with Crippen LogP contribution in [0.2, 0.25) is 5.02 Å². The van der Waals surface area contributed by atoms with Crippen molar-refractivity contribution in [2.45, 2.75) is 50.2 Å². The Labute approximate surface area is 135 Å². The van der Waals surface area contributed by atoms with Crippen LogP contribution in [-0.2, 0) is 10.8 Å². The van der Waals surface area contributed by atoms with E-state index in [0.717, 1.165) is 17.7 Å². The van der Waals surface area contributed by atoms with Crippen LogP contribution in [-0.4, -0.2) is 16.0 Å². The van der Waals surface area contributed by atoms with Gasteiger partial charge in [0.1, 0.15) is 0 Å². The molecule has 1 aliphatic rings. The number of halogens is 1. The molecule has 0 aliphatic heterocycles. The molecule has 1 fully saturated rings. The topological polar surface area (TPSA) is 43.1 Å². The van der Waals surface area contributed by atoms with E-state index in [1.54, 1.807) is 0 Å². The van der Waals surface area contributed by atoms with Gasteiger partial charge < -0.3 is 5.73 Å². The van der Waals surface area contributed by atoms with Gasteiger partial charge in [-0.2, -0.15) is 0 Å². The Bertz CT molecular complexity index is 512. The van der Waals surface area contributed by atoms with Gasteiger partial charge in [0.25, 0.3) is 0 Å². The van der Waals surface area contributed by atoms with Crippen LogP contribution < -0.4 is 5.73 Å². The fraction of sp³-hybridized carbons (Fsp3) is 0.647. The SMILES string of the molecule is CC(C)(C)C1CCC(CN)C(S(=O)c2cccc(Cl)c2)C1. The Balaban J connectivity index is 2.23. The van der Waals surface area contributed by atoms with Crippen LogP contribution in [0.25, 0.3) is 0 Å². The van der Waals surface area contributed by atoms with E-state index in [9.17, 15) is 4.21 Å². The molecule has 2 N–H and O–H groups in total. The van der Waals surface area contributed by atoms with Crippen molar-refractivity contribution in [3.05, 3.63) is 29.3 Å². The van der Waals surface area contributed by atoms with Gasteiger partial charge in [-0.05, 0) is 61.3 Å². The molecule has 4 unspecified atom stereocenters. The summed E-state index contributed by atoms with van der Waals surface area (Å²) in [4.78, 5) is 0.834. The van der Waals surface area contributed by atoms with Crippen LogP contribution >= 0.6 is 11.6 Å². The molecule has 1 saturated carbocycles. The van der Waals surface area contributed by atoms with E-state index in [1.165, 1.54) is 6.42 Å². The Morgan fingerprint density at radius 2 is 2.05 bits per heavy atom. The quantitative estimate of drug-likeness (QED) is 0.902. The fourth-order valence-corrected chi connectivity index (χ4v) is 5.34. The Hall–Kier alpha value is -0.380. The van der Waals surface area contributed by atoms with E-state index < -0.39 is 10.8 Å². The second-order valence-corrected chi connectivity index (χ2v) is 9.27. The molecule has 21 heavy (non-hydrogen) atoms. The van der Waals surface area contributed by atoms with Gasteiger partial charge in [0, 0.05) is 15.2 Å². The van der Waals surface area contributed by atoms with Gasteiger partial charge in [0.2, 0.25) is 0 Å². The molecular weight excluding hydrogens is 302 g/mol. The van der Waals surface area contributed by atoms with Crippen LogP contribution in [0.15, 0.2) is 29.2 Å². The van der Waals surface area contributed by atoms with E-state index in [2.05, 4.69) is 20.8 Å². The summed E-state index contributed by atoms with van der Waals surface area (Å²) < 4.78 is 13.0. The highest BCUT2D eigenvalue weighted by molar-refractivity contribution is 7.85. The Morgan fingerprint density at radius 1 is 1.33 bits per heavy atom. The second kappa shape index (κ2) is 6.80. The molecule has 118 valence electrons. The molecule has 0 amide bonds. The molecule has 4 heteroatoms. The lowest BCUT2D eigenvalue weighted by Gasteiger charge is -2.41. The number of hydrogen-bond acceptors (Lipinski definition) is 2. The van der Waals surface area contributed by atoms with Crippen LogP contribution in [0, 0.1) is 17.3 Å². The fourth-order valence-electron chi connectivity index (χ4n) is 3.28. The maximum Gasteiger partial charge on any atom is 0.0564 e. The van der Waals surface area contributed by atoms with Crippen LogP contribution in [0.5, 0.6) is 0 Å². The first kappa shape index (κ1) is 17.0. The predicted molar refractivity (Wildman–Crippen MR) is 91.0 cm³/mol. The molecule has 1 aromatic carbocycles. The average Bonchev–Trinajstić information content (AvgIpc) is 2.44. The predicted octanol–water partition coefficient (Wildman–Crippen LogP) is 4.24. The van der Waals surface area contributed by atoms with Crippen LogP contribution in [0.1, 0.15) is 40.0 Å². The van der Waals surface area contributed by atoms with Crippen LogP contribution in [0.3, 0.4) is 0 Å². The number of benzene rings is 1. The first-order valence-corrected chi connectivity index (χ1v) is 9.28. The summed E-state index contributed by atoms with van der Waals surface area (Å²) in [6.07, 6.45) is 3.26. The summed E-state index contributed by atoms with van der Waals surface area (Å²) in [5.74, 6) is 0.955. The molecular formula is C17H26ClNOS. The van der Waals surface area contributed by atoms with Crippen molar-refractivity contribution in [1.82, 2.24) is 0 Å².